The van der Waals surface area contributed by atoms with E-state index in [-0.39, 0.29) is 11.1 Å². The molecule has 3 heterocycles. The fourth-order valence-electron chi connectivity index (χ4n) is 2.37. The molecule has 0 aromatic carbocycles. The van der Waals surface area contributed by atoms with Crippen LogP contribution >= 0.6 is 23.2 Å². The van der Waals surface area contributed by atoms with Gasteiger partial charge in [0, 0.05) is 31.7 Å². The Morgan fingerprint density at radius 1 is 1.21 bits per heavy atom. The first kappa shape index (κ1) is 17.1. The summed E-state index contributed by atoms with van der Waals surface area (Å²) in [4.78, 5) is 14.4. The van der Waals surface area contributed by atoms with E-state index in [0.29, 0.717) is 55.9 Å². The van der Waals surface area contributed by atoms with Crippen LogP contribution in [0.3, 0.4) is 0 Å². The summed E-state index contributed by atoms with van der Waals surface area (Å²) in [5.74, 6) is 0.718. The lowest BCUT2D eigenvalue weighted by Crippen LogP contribution is -2.37. The van der Waals surface area contributed by atoms with Gasteiger partial charge in [0.2, 0.25) is 5.28 Å². The number of aromatic nitrogens is 3. The second-order valence-corrected chi connectivity index (χ2v) is 5.94. The average Bonchev–Trinajstić information content (AvgIpc) is 2.60. The van der Waals surface area contributed by atoms with E-state index in [0.717, 1.165) is 5.69 Å². The molecule has 2 aromatic rings. The van der Waals surface area contributed by atoms with Crippen LogP contribution in [-0.2, 0) is 11.2 Å². The molecular weight excluding hydrogens is 356 g/mol. The van der Waals surface area contributed by atoms with Crippen molar-refractivity contribution in [3.63, 3.8) is 0 Å². The maximum Gasteiger partial charge on any atom is 0.226 e. The summed E-state index contributed by atoms with van der Waals surface area (Å²) in [5, 5.41) is 3.69. The van der Waals surface area contributed by atoms with Crippen LogP contribution in [0.2, 0.25) is 10.3 Å². The predicted molar refractivity (Wildman–Crippen MR) is 91.5 cm³/mol. The van der Waals surface area contributed by atoms with E-state index in [9.17, 15) is 4.39 Å². The topological polar surface area (TPSA) is 63.2 Å². The molecule has 0 amide bonds. The van der Waals surface area contributed by atoms with Gasteiger partial charge < -0.3 is 15.0 Å². The van der Waals surface area contributed by atoms with E-state index in [1.165, 1.54) is 12.3 Å². The van der Waals surface area contributed by atoms with Crippen molar-refractivity contribution in [2.75, 3.05) is 43.1 Å². The number of hydrogen-bond acceptors (Lipinski definition) is 6. The zero-order valence-corrected chi connectivity index (χ0v) is 14.3. The van der Waals surface area contributed by atoms with Crippen molar-refractivity contribution in [1.29, 1.82) is 0 Å². The first-order valence-corrected chi connectivity index (χ1v) is 8.29. The van der Waals surface area contributed by atoms with Crippen molar-refractivity contribution in [2.24, 2.45) is 0 Å². The Bertz CT molecular complexity index is 695. The molecule has 0 unspecified atom stereocenters. The van der Waals surface area contributed by atoms with Crippen molar-refractivity contribution in [3.05, 3.63) is 40.1 Å². The minimum atomic E-state index is -0.354. The number of ether oxygens (including phenoxy) is 1. The molecule has 1 fully saturated rings. The highest BCUT2D eigenvalue weighted by atomic mass is 35.5. The number of pyridine rings is 1. The van der Waals surface area contributed by atoms with Gasteiger partial charge in [-0.05, 0) is 23.7 Å². The molecule has 0 spiro atoms. The van der Waals surface area contributed by atoms with Gasteiger partial charge in [0.05, 0.1) is 19.4 Å². The summed E-state index contributed by atoms with van der Waals surface area (Å²) in [6.45, 7) is 3.18. The lowest BCUT2D eigenvalue weighted by atomic mass is 10.2. The van der Waals surface area contributed by atoms with Gasteiger partial charge in [-0.3, -0.25) is 4.98 Å². The molecule has 128 valence electrons. The molecule has 0 saturated carbocycles. The average molecular weight is 372 g/mol. The molecule has 6 nitrogen and oxygen atoms in total. The number of hydrogen-bond donors (Lipinski definition) is 1. The number of halogens is 3. The van der Waals surface area contributed by atoms with Crippen molar-refractivity contribution >= 4 is 34.8 Å². The van der Waals surface area contributed by atoms with Gasteiger partial charge in [0.1, 0.15) is 10.8 Å². The van der Waals surface area contributed by atoms with E-state index >= 15 is 0 Å². The maximum atomic E-state index is 12.9. The van der Waals surface area contributed by atoms with Crippen LogP contribution in [0.5, 0.6) is 0 Å². The first-order valence-electron chi connectivity index (χ1n) is 7.53. The van der Waals surface area contributed by atoms with Gasteiger partial charge in [-0.25, -0.2) is 4.39 Å². The van der Waals surface area contributed by atoms with Gasteiger partial charge in [0.25, 0.3) is 0 Å². The smallest absolute Gasteiger partial charge is 0.226 e. The summed E-state index contributed by atoms with van der Waals surface area (Å²) in [6.07, 6.45) is 1.80. The molecule has 0 aliphatic carbocycles. The molecule has 0 bridgehead atoms. The largest absolute Gasteiger partial charge is 0.378 e. The standard InChI is InChI=1S/C15H16Cl2FN5O/c16-12-13(19-4-3-11-2-1-10(18)9-20-11)21-15(17)22-14(12)23-5-7-24-8-6-23/h1-2,9H,3-8H2,(H,19,21,22). The van der Waals surface area contributed by atoms with Crippen molar-refractivity contribution < 1.29 is 9.13 Å². The summed E-state index contributed by atoms with van der Waals surface area (Å²) in [7, 11) is 0. The number of nitrogens with zero attached hydrogens (tertiary/aromatic N) is 4. The molecule has 1 aliphatic rings. The predicted octanol–water partition coefficient (Wildman–Crippen LogP) is 2.81. The second-order valence-electron chi connectivity index (χ2n) is 5.22. The number of nitrogens with one attached hydrogen (secondary N) is 1. The normalized spacial score (nSPS) is 14.7. The molecule has 1 aliphatic heterocycles. The lowest BCUT2D eigenvalue weighted by molar-refractivity contribution is 0.122. The molecule has 3 rings (SSSR count). The Labute approximate surface area is 149 Å². The molecule has 24 heavy (non-hydrogen) atoms. The van der Waals surface area contributed by atoms with E-state index in [1.807, 2.05) is 4.90 Å². The molecule has 1 N–H and O–H groups in total. The summed E-state index contributed by atoms with van der Waals surface area (Å²) < 4.78 is 18.2. The molecule has 9 heteroatoms. The van der Waals surface area contributed by atoms with Crippen LogP contribution in [0.15, 0.2) is 18.3 Å². The van der Waals surface area contributed by atoms with E-state index in [4.69, 9.17) is 27.9 Å². The first-order chi connectivity index (χ1) is 11.6. The van der Waals surface area contributed by atoms with E-state index in [2.05, 4.69) is 20.3 Å². The zero-order valence-electron chi connectivity index (χ0n) is 12.8. The third-order valence-electron chi connectivity index (χ3n) is 3.58. The Hall–Kier alpha value is -1.70. The van der Waals surface area contributed by atoms with Gasteiger partial charge >= 0.3 is 0 Å². The fourth-order valence-corrected chi connectivity index (χ4v) is 2.81. The third-order valence-corrected chi connectivity index (χ3v) is 4.10. The van der Waals surface area contributed by atoms with Gasteiger partial charge in [-0.2, -0.15) is 9.97 Å². The summed E-state index contributed by atoms with van der Waals surface area (Å²) >= 11 is 12.4. The van der Waals surface area contributed by atoms with Gasteiger partial charge in [0.15, 0.2) is 11.6 Å². The highest BCUT2D eigenvalue weighted by Gasteiger charge is 2.19. The minimum Gasteiger partial charge on any atom is -0.378 e. The lowest BCUT2D eigenvalue weighted by Gasteiger charge is -2.28. The van der Waals surface area contributed by atoms with E-state index < -0.39 is 0 Å². The summed E-state index contributed by atoms with van der Waals surface area (Å²) in [5.41, 5.74) is 0.772. The molecule has 0 atom stereocenters. The van der Waals surface area contributed by atoms with Gasteiger partial charge in [-0.1, -0.05) is 11.6 Å². The van der Waals surface area contributed by atoms with Crippen molar-refractivity contribution in [3.8, 4) is 0 Å². The number of morpholine rings is 1. The fraction of sp³-hybridized carbons (Fsp3) is 0.400. The summed E-state index contributed by atoms with van der Waals surface area (Å²) in [6, 6.07) is 3.03. The highest BCUT2D eigenvalue weighted by Crippen LogP contribution is 2.31. The van der Waals surface area contributed by atoms with Crippen molar-refractivity contribution in [2.45, 2.75) is 6.42 Å². The van der Waals surface area contributed by atoms with Crippen LogP contribution in [0.25, 0.3) is 0 Å². The quantitative estimate of drug-likeness (QED) is 0.815. The van der Waals surface area contributed by atoms with Crippen LogP contribution in [-0.4, -0.2) is 47.8 Å². The number of anilines is 2. The minimum absolute atomic E-state index is 0.128. The zero-order chi connectivity index (χ0) is 16.9. The van der Waals surface area contributed by atoms with Crippen LogP contribution in [0.1, 0.15) is 5.69 Å². The van der Waals surface area contributed by atoms with Crippen LogP contribution in [0, 0.1) is 5.82 Å². The maximum absolute atomic E-state index is 12.9. The SMILES string of the molecule is Fc1ccc(CCNc2nc(Cl)nc(N3CCOCC3)c2Cl)nc1. The monoisotopic (exact) mass is 371 g/mol. The highest BCUT2D eigenvalue weighted by molar-refractivity contribution is 6.36. The molecule has 2 aromatic heterocycles. The Kier molecular flexibility index (Phi) is 5.65. The Morgan fingerprint density at radius 2 is 2.00 bits per heavy atom. The van der Waals surface area contributed by atoms with Crippen molar-refractivity contribution in [1.82, 2.24) is 15.0 Å². The van der Waals surface area contributed by atoms with Crippen LogP contribution < -0.4 is 10.2 Å². The Morgan fingerprint density at radius 3 is 2.71 bits per heavy atom. The molecule has 1 saturated heterocycles. The Balaban J connectivity index is 1.68. The third kappa shape index (κ3) is 4.23. The molecule has 0 radical (unpaired) electrons. The van der Waals surface area contributed by atoms with Crippen LogP contribution in [0.4, 0.5) is 16.0 Å². The van der Waals surface area contributed by atoms with E-state index in [1.54, 1.807) is 6.07 Å². The molecular formula is C15H16Cl2FN5O. The van der Waals surface area contributed by atoms with Gasteiger partial charge in [-0.15, -0.1) is 0 Å². The second kappa shape index (κ2) is 7.92. The number of rotatable bonds is 5.